The molecule has 1 N–H and O–H groups in total. The van der Waals surface area contributed by atoms with Gasteiger partial charge in [-0.1, -0.05) is 42.5 Å². The number of nitrogens with zero attached hydrogens (tertiary/aromatic N) is 1. The summed E-state index contributed by atoms with van der Waals surface area (Å²) in [6, 6.07) is 18.5. The maximum absolute atomic E-state index is 14.9. The van der Waals surface area contributed by atoms with Crippen LogP contribution in [0.25, 0.3) is 11.1 Å². The number of halogens is 1. The van der Waals surface area contributed by atoms with Crippen LogP contribution in [0.4, 0.5) is 4.39 Å². The van der Waals surface area contributed by atoms with E-state index in [9.17, 15) is 19.1 Å². The highest BCUT2D eigenvalue weighted by Gasteiger charge is 2.46. The van der Waals surface area contributed by atoms with Crippen molar-refractivity contribution in [3.63, 3.8) is 0 Å². The lowest BCUT2D eigenvalue weighted by molar-refractivity contribution is -0.136. The largest absolute Gasteiger partial charge is 0.496 e. The molecule has 0 aromatic heterocycles. The highest BCUT2D eigenvalue weighted by Crippen LogP contribution is 2.49. The lowest BCUT2D eigenvalue weighted by atomic mass is 9.89. The summed E-state index contributed by atoms with van der Waals surface area (Å²) in [6.07, 6.45) is 1.26. The average molecular weight is 460 g/mol. The molecular weight excluding hydrogens is 433 g/mol. The third-order valence-corrected chi connectivity index (χ3v) is 6.91. The van der Waals surface area contributed by atoms with Crippen molar-refractivity contribution in [2.24, 2.45) is 5.92 Å². The van der Waals surface area contributed by atoms with Crippen LogP contribution >= 0.6 is 0 Å². The Morgan fingerprint density at radius 2 is 1.85 bits per heavy atom. The molecule has 1 fully saturated rings. The third kappa shape index (κ3) is 4.16. The van der Waals surface area contributed by atoms with Gasteiger partial charge in [-0.25, -0.2) is 4.39 Å². The fraction of sp³-hybridized carbons (Fsp3) is 0.286. The number of carboxylic acid groups (broad SMARTS) is 1. The summed E-state index contributed by atoms with van der Waals surface area (Å²) in [5.74, 6) is -0.349. The van der Waals surface area contributed by atoms with E-state index in [1.54, 1.807) is 36.3 Å². The summed E-state index contributed by atoms with van der Waals surface area (Å²) < 4.78 is 20.5. The standard InChI is InChI=1S/C28H26FNO4/c1-34-26-10-7-17(14-27(31)32)13-22(26)19-8-9-25(29)24-16-30(12-11-20(19)24)28(33)23-15-21(23)18-5-3-2-4-6-18/h2-10,13,21,23H,11-12,14-16H2,1H3,(H,31,32)/t21-,23+/m0/s1. The van der Waals surface area contributed by atoms with Crippen LogP contribution in [0.15, 0.2) is 60.7 Å². The minimum atomic E-state index is -0.916. The van der Waals surface area contributed by atoms with Crippen LogP contribution in [0.5, 0.6) is 5.75 Å². The topological polar surface area (TPSA) is 66.8 Å². The SMILES string of the molecule is COc1ccc(CC(=O)O)cc1-c1ccc(F)c2c1CCN(C(=O)[C@@H]1C[C@H]1c1ccccc1)C2. The number of amides is 1. The van der Waals surface area contributed by atoms with Crippen LogP contribution in [-0.4, -0.2) is 35.5 Å². The second-order valence-electron chi connectivity index (χ2n) is 9.03. The highest BCUT2D eigenvalue weighted by molar-refractivity contribution is 5.84. The first kappa shape index (κ1) is 22.1. The van der Waals surface area contributed by atoms with Crippen molar-refractivity contribution in [3.8, 4) is 16.9 Å². The van der Waals surface area contributed by atoms with E-state index in [0.717, 1.165) is 23.1 Å². The fourth-order valence-electron chi connectivity index (χ4n) is 5.10. The van der Waals surface area contributed by atoms with Crippen molar-refractivity contribution < 1.29 is 23.8 Å². The van der Waals surface area contributed by atoms with Crippen LogP contribution < -0.4 is 4.74 Å². The van der Waals surface area contributed by atoms with Gasteiger partial charge in [-0.05, 0) is 59.2 Å². The predicted molar refractivity (Wildman–Crippen MR) is 126 cm³/mol. The predicted octanol–water partition coefficient (Wildman–Crippen LogP) is 4.82. The van der Waals surface area contributed by atoms with Gasteiger partial charge in [0.05, 0.1) is 13.5 Å². The molecule has 0 bridgehead atoms. The molecule has 0 radical (unpaired) electrons. The van der Waals surface area contributed by atoms with Gasteiger partial charge in [0.2, 0.25) is 5.91 Å². The van der Waals surface area contributed by atoms with Gasteiger partial charge >= 0.3 is 5.97 Å². The van der Waals surface area contributed by atoms with Crippen molar-refractivity contribution >= 4 is 11.9 Å². The zero-order valence-electron chi connectivity index (χ0n) is 19.0. The number of carbonyl (C=O) groups excluding carboxylic acids is 1. The molecule has 1 aliphatic heterocycles. The molecule has 1 saturated carbocycles. The molecule has 5 rings (SSSR count). The molecule has 2 atom stereocenters. The molecule has 34 heavy (non-hydrogen) atoms. The Morgan fingerprint density at radius 3 is 2.59 bits per heavy atom. The molecule has 1 heterocycles. The number of carbonyl (C=O) groups is 2. The first-order chi connectivity index (χ1) is 16.5. The van der Waals surface area contributed by atoms with E-state index in [2.05, 4.69) is 12.1 Å². The Labute approximate surface area is 197 Å². The van der Waals surface area contributed by atoms with Gasteiger partial charge in [0.15, 0.2) is 0 Å². The zero-order chi connectivity index (χ0) is 23.8. The number of rotatable bonds is 6. The maximum atomic E-state index is 14.9. The first-order valence-corrected chi connectivity index (χ1v) is 11.5. The van der Waals surface area contributed by atoms with E-state index in [0.29, 0.717) is 29.8 Å². The van der Waals surface area contributed by atoms with E-state index in [1.807, 2.05) is 18.2 Å². The Hall–Kier alpha value is -3.67. The lowest BCUT2D eigenvalue weighted by Gasteiger charge is -2.31. The fourth-order valence-corrected chi connectivity index (χ4v) is 5.10. The molecule has 0 unspecified atom stereocenters. The molecule has 2 aliphatic rings. The van der Waals surface area contributed by atoms with Crippen LogP contribution in [0, 0.1) is 11.7 Å². The minimum Gasteiger partial charge on any atom is -0.496 e. The Morgan fingerprint density at radius 1 is 1.06 bits per heavy atom. The van der Waals surface area contributed by atoms with Crippen molar-refractivity contribution in [3.05, 3.63) is 88.7 Å². The summed E-state index contributed by atoms with van der Waals surface area (Å²) >= 11 is 0. The van der Waals surface area contributed by atoms with Gasteiger partial charge < -0.3 is 14.7 Å². The second-order valence-corrected chi connectivity index (χ2v) is 9.03. The van der Waals surface area contributed by atoms with E-state index in [4.69, 9.17) is 4.74 Å². The van der Waals surface area contributed by atoms with E-state index < -0.39 is 5.97 Å². The number of carboxylic acids is 1. The van der Waals surface area contributed by atoms with Gasteiger partial charge in [-0.2, -0.15) is 0 Å². The van der Waals surface area contributed by atoms with Gasteiger partial charge in [0.25, 0.3) is 0 Å². The second kappa shape index (κ2) is 8.93. The van der Waals surface area contributed by atoms with Gasteiger partial charge in [-0.3, -0.25) is 9.59 Å². The Kier molecular flexibility index (Phi) is 5.82. The third-order valence-electron chi connectivity index (χ3n) is 6.91. The lowest BCUT2D eigenvalue weighted by Crippen LogP contribution is -2.37. The normalized spacial score (nSPS) is 18.8. The smallest absolute Gasteiger partial charge is 0.307 e. The molecular formula is C28H26FNO4. The van der Waals surface area contributed by atoms with Crippen molar-refractivity contribution in [1.82, 2.24) is 4.90 Å². The van der Waals surface area contributed by atoms with Crippen LogP contribution in [-0.2, 0) is 29.0 Å². The number of hydrogen-bond donors (Lipinski definition) is 1. The quantitative estimate of drug-likeness (QED) is 0.574. The number of methoxy groups -OCH3 is 1. The Bertz CT molecular complexity index is 1260. The number of ether oxygens (including phenoxy) is 1. The maximum Gasteiger partial charge on any atom is 0.307 e. The molecule has 6 heteroatoms. The van der Waals surface area contributed by atoms with Gasteiger partial charge in [0.1, 0.15) is 11.6 Å². The summed E-state index contributed by atoms with van der Waals surface area (Å²) in [4.78, 5) is 26.2. The van der Waals surface area contributed by atoms with E-state index in [-0.39, 0.29) is 36.5 Å². The van der Waals surface area contributed by atoms with Crippen molar-refractivity contribution in [1.29, 1.82) is 0 Å². The molecule has 3 aromatic carbocycles. The number of aliphatic carboxylic acids is 1. The minimum absolute atomic E-state index is 0.0389. The molecule has 0 spiro atoms. The Balaban J connectivity index is 1.42. The van der Waals surface area contributed by atoms with Crippen LogP contribution in [0.3, 0.4) is 0 Å². The highest BCUT2D eigenvalue weighted by atomic mass is 19.1. The van der Waals surface area contributed by atoms with E-state index >= 15 is 0 Å². The van der Waals surface area contributed by atoms with Gasteiger partial charge in [-0.15, -0.1) is 0 Å². The zero-order valence-corrected chi connectivity index (χ0v) is 19.0. The summed E-state index contributed by atoms with van der Waals surface area (Å²) in [5.41, 5.74) is 4.77. The summed E-state index contributed by atoms with van der Waals surface area (Å²) in [7, 11) is 1.56. The molecule has 0 saturated heterocycles. The van der Waals surface area contributed by atoms with Crippen molar-refractivity contribution in [2.75, 3.05) is 13.7 Å². The average Bonchev–Trinajstić information content (AvgIpc) is 3.65. The monoisotopic (exact) mass is 459 g/mol. The molecule has 3 aromatic rings. The van der Waals surface area contributed by atoms with Crippen molar-refractivity contribution in [2.45, 2.75) is 31.7 Å². The molecule has 174 valence electrons. The van der Waals surface area contributed by atoms with Crippen LogP contribution in [0.2, 0.25) is 0 Å². The van der Waals surface area contributed by atoms with Gasteiger partial charge in [0, 0.05) is 30.1 Å². The molecule has 1 amide bonds. The summed E-state index contributed by atoms with van der Waals surface area (Å²) in [5, 5.41) is 9.19. The molecule has 5 nitrogen and oxygen atoms in total. The number of benzene rings is 3. The van der Waals surface area contributed by atoms with Crippen LogP contribution in [0.1, 0.15) is 34.6 Å². The first-order valence-electron chi connectivity index (χ1n) is 11.5. The summed E-state index contributed by atoms with van der Waals surface area (Å²) in [6.45, 7) is 0.764. The number of fused-ring (bicyclic) bond motifs is 1. The number of hydrogen-bond acceptors (Lipinski definition) is 3. The van der Waals surface area contributed by atoms with E-state index in [1.165, 1.54) is 11.6 Å². The molecule has 1 aliphatic carbocycles.